The summed E-state index contributed by atoms with van der Waals surface area (Å²) in [5, 5.41) is 19.4. The molecule has 11 nitrogen and oxygen atoms in total. The molecule has 8 N–H and O–H groups in total. The van der Waals surface area contributed by atoms with Crippen LogP contribution in [0, 0.1) is 12.3 Å². The van der Waals surface area contributed by atoms with E-state index in [1.165, 1.54) is 18.2 Å². The first-order chi connectivity index (χ1) is 15.9. The van der Waals surface area contributed by atoms with Gasteiger partial charge in [-0.3, -0.25) is 15.0 Å². The zero-order chi connectivity index (χ0) is 25.1. The number of carbonyl (C=O) groups is 2. The van der Waals surface area contributed by atoms with E-state index in [1.54, 1.807) is 37.3 Å². The SMILES string of the molecule is Cc1cccc(S(=O)(=O)[C@@](N)(CNC(=O)C[C@@H]2CC(c3ccc(C(=N)N)cc3)NO2)C(=O)O)c1. The summed E-state index contributed by atoms with van der Waals surface area (Å²) in [4.78, 5) is 26.8. The Morgan fingerprint density at radius 3 is 2.53 bits per heavy atom. The van der Waals surface area contributed by atoms with Gasteiger partial charge in [-0.05, 0) is 36.6 Å². The Kier molecular flexibility index (Phi) is 7.36. The average Bonchev–Trinajstić information content (AvgIpc) is 3.25. The molecule has 3 atom stereocenters. The normalized spacial score (nSPS) is 19.8. The number of amidine groups is 1. The van der Waals surface area contributed by atoms with Crippen LogP contribution in [0.25, 0.3) is 0 Å². The van der Waals surface area contributed by atoms with Gasteiger partial charge in [-0.1, -0.05) is 36.4 Å². The lowest BCUT2D eigenvalue weighted by Gasteiger charge is -2.25. The van der Waals surface area contributed by atoms with E-state index in [9.17, 15) is 23.1 Å². The fourth-order valence-electron chi connectivity index (χ4n) is 3.55. The molecule has 2 aromatic rings. The van der Waals surface area contributed by atoms with Crippen molar-refractivity contribution < 1.29 is 28.0 Å². The fraction of sp³-hybridized carbons (Fsp3) is 0.318. The Balaban J connectivity index is 1.62. The first-order valence-electron chi connectivity index (χ1n) is 10.4. The number of rotatable bonds is 9. The number of benzene rings is 2. The smallest absolute Gasteiger partial charge is 0.341 e. The van der Waals surface area contributed by atoms with Gasteiger partial charge in [0.2, 0.25) is 20.6 Å². The Labute approximate surface area is 196 Å². The molecule has 1 unspecified atom stereocenters. The monoisotopic (exact) mass is 489 g/mol. The maximum absolute atomic E-state index is 13.0. The quantitative estimate of drug-likeness (QED) is 0.212. The number of nitrogens with two attached hydrogens (primary N) is 2. The van der Waals surface area contributed by atoms with E-state index in [2.05, 4.69) is 10.8 Å². The van der Waals surface area contributed by atoms with Crippen molar-refractivity contribution in [1.82, 2.24) is 10.8 Å². The summed E-state index contributed by atoms with van der Waals surface area (Å²) < 4.78 is 25.9. The second kappa shape index (κ2) is 9.89. The molecule has 1 heterocycles. The van der Waals surface area contributed by atoms with E-state index in [-0.39, 0.29) is 23.2 Å². The molecule has 1 amide bonds. The number of hydrogen-bond donors (Lipinski definition) is 6. The van der Waals surface area contributed by atoms with Gasteiger partial charge >= 0.3 is 5.97 Å². The van der Waals surface area contributed by atoms with Crippen molar-refractivity contribution in [2.24, 2.45) is 11.5 Å². The minimum Gasteiger partial charge on any atom is -0.479 e. The number of aryl methyl sites for hydroxylation is 1. The van der Waals surface area contributed by atoms with E-state index in [0.29, 0.717) is 17.5 Å². The molecule has 1 saturated heterocycles. The number of hydroxylamine groups is 1. The summed E-state index contributed by atoms with van der Waals surface area (Å²) in [5.74, 6) is -2.42. The van der Waals surface area contributed by atoms with Crippen molar-refractivity contribution in [3.63, 3.8) is 0 Å². The predicted octanol–water partition coefficient (Wildman–Crippen LogP) is 0.333. The molecule has 34 heavy (non-hydrogen) atoms. The highest BCUT2D eigenvalue weighted by atomic mass is 32.2. The number of nitrogen functional groups attached to an aromatic ring is 1. The van der Waals surface area contributed by atoms with Crippen LogP contribution in [0.4, 0.5) is 0 Å². The van der Waals surface area contributed by atoms with Gasteiger partial charge in [0.25, 0.3) is 0 Å². The van der Waals surface area contributed by atoms with Gasteiger partial charge in [-0.15, -0.1) is 0 Å². The zero-order valence-electron chi connectivity index (χ0n) is 18.4. The summed E-state index contributed by atoms with van der Waals surface area (Å²) in [5.41, 5.74) is 16.2. The summed E-state index contributed by atoms with van der Waals surface area (Å²) >= 11 is 0. The van der Waals surface area contributed by atoms with E-state index in [0.717, 1.165) is 5.56 Å². The second-order valence-corrected chi connectivity index (χ2v) is 10.4. The fourth-order valence-corrected chi connectivity index (χ4v) is 5.06. The third-order valence-corrected chi connectivity index (χ3v) is 7.75. The van der Waals surface area contributed by atoms with Crippen LogP contribution in [-0.4, -0.2) is 48.8 Å². The summed E-state index contributed by atoms with van der Waals surface area (Å²) in [6, 6.07) is 12.5. The maximum Gasteiger partial charge on any atom is 0.341 e. The number of sulfone groups is 1. The third kappa shape index (κ3) is 5.25. The molecule has 182 valence electrons. The van der Waals surface area contributed by atoms with Crippen LogP contribution in [0.1, 0.15) is 35.6 Å². The average molecular weight is 490 g/mol. The minimum atomic E-state index is -4.50. The predicted molar refractivity (Wildman–Crippen MR) is 123 cm³/mol. The lowest BCUT2D eigenvalue weighted by molar-refractivity contribution is -0.140. The highest BCUT2D eigenvalue weighted by Crippen LogP contribution is 2.27. The van der Waals surface area contributed by atoms with Gasteiger partial charge in [-0.2, -0.15) is 5.48 Å². The van der Waals surface area contributed by atoms with Gasteiger partial charge < -0.3 is 21.9 Å². The van der Waals surface area contributed by atoms with E-state index in [4.69, 9.17) is 21.7 Å². The molecule has 0 radical (unpaired) electrons. The van der Waals surface area contributed by atoms with Crippen LogP contribution in [0.5, 0.6) is 0 Å². The molecule has 0 aromatic heterocycles. The van der Waals surface area contributed by atoms with Crippen LogP contribution >= 0.6 is 0 Å². The standard InChI is InChI=1S/C22H27N5O6S/c1-13-3-2-4-17(9-13)34(31,32)22(25,21(29)30)12-26-19(28)11-16-10-18(27-33-16)14-5-7-15(8-6-14)20(23)24/h2-9,16,18,27H,10-12,25H2,1H3,(H3,23,24)(H,26,28)(H,29,30)/t16-,18?,22-/m0/s1. The molecular weight excluding hydrogens is 462 g/mol. The summed E-state index contributed by atoms with van der Waals surface area (Å²) in [7, 11) is -4.50. The van der Waals surface area contributed by atoms with Gasteiger partial charge in [-0.25, -0.2) is 13.2 Å². The number of amides is 1. The van der Waals surface area contributed by atoms with Gasteiger partial charge in [0.1, 0.15) is 5.84 Å². The Bertz CT molecular complexity index is 1200. The van der Waals surface area contributed by atoms with Gasteiger partial charge in [0.05, 0.1) is 30.0 Å². The van der Waals surface area contributed by atoms with Crippen LogP contribution in [0.15, 0.2) is 53.4 Å². The molecule has 0 spiro atoms. The van der Waals surface area contributed by atoms with Crippen LogP contribution in [0.3, 0.4) is 0 Å². The van der Waals surface area contributed by atoms with Crippen molar-refractivity contribution in [2.75, 3.05) is 6.54 Å². The Morgan fingerprint density at radius 2 is 1.94 bits per heavy atom. The number of aliphatic carboxylic acids is 1. The van der Waals surface area contributed by atoms with E-state index < -0.39 is 39.2 Å². The minimum absolute atomic E-state index is 0.0431. The van der Waals surface area contributed by atoms with Crippen molar-refractivity contribution in [3.8, 4) is 0 Å². The molecule has 2 aromatic carbocycles. The van der Waals surface area contributed by atoms with Crippen LogP contribution in [-0.2, 0) is 24.3 Å². The third-order valence-electron chi connectivity index (χ3n) is 5.60. The van der Waals surface area contributed by atoms with E-state index >= 15 is 0 Å². The molecular formula is C22H27N5O6S. The molecule has 1 fully saturated rings. The molecule has 1 aliphatic rings. The van der Waals surface area contributed by atoms with Gasteiger partial charge in [0.15, 0.2) is 0 Å². The van der Waals surface area contributed by atoms with Crippen molar-refractivity contribution in [2.45, 2.75) is 41.7 Å². The van der Waals surface area contributed by atoms with Crippen molar-refractivity contribution in [3.05, 3.63) is 65.2 Å². The maximum atomic E-state index is 13.0. The number of nitrogens with one attached hydrogen (secondary N) is 3. The lowest BCUT2D eigenvalue weighted by Crippen LogP contribution is -2.61. The molecule has 0 saturated carbocycles. The summed E-state index contributed by atoms with van der Waals surface area (Å²) in [6.45, 7) is 0.855. The second-order valence-electron chi connectivity index (χ2n) is 8.18. The molecule has 0 bridgehead atoms. The molecule has 3 rings (SSSR count). The lowest BCUT2D eigenvalue weighted by atomic mass is 9.99. The highest BCUT2D eigenvalue weighted by molar-refractivity contribution is 7.93. The number of carboxylic acid groups (broad SMARTS) is 1. The Morgan fingerprint density at radius 1 is 1.26 bits per heavy atom. The van der Waals surface area contributed by atoms with Crippen LogP contribution in [0.2, 0.25) is 0 Å². The van der Waals surface area contributed by atoms with Crippen molar-refractivity contribution in [1.29, 1.82) is 5.41 Å². The largest absolute Gasteiger partial charge is 0.479 e. The highest BCUT2D eigenvalue weighted by Gasteiger charge is 2.49. The zero-order valence-corrected chi connectivity index (χ0v) is 19.3. The number of carbonyl (C=O) groups excluding carboxylic acids is 1. The summed E-state index contributed by atoms with van der Waals surface area (Å²) in [6.07, 6.45) is -0.209. The number of hydrogen-bond acceptors (Lipinski definition) is 8. The molecule has 1 aliphatic heterocycles. The first-order valence-corrected chi connectivity index (χ1v) is 11.9. The molecule has 0 aliphatic carbocycles. The van der Waals surface area contributed by atoms with Crippen LogP contribution < -0.4 is 22.3 Å². The van der Waals surface area contributed by atoms with Crippen molar-refractivity contribution >= 4 is 27.5 Å². The molecule has 12 heteroatoms. The van der Waals surface area contributed by atoms with Gasteiger partial charge in [0, 0.05) is 5.56 Å². The first kappa shape index (κ1) is 25.3. The Hall–Kier alpha value is -3.32. The van der Waals surface area contributed by atoms with E-state index in [1.807, 2.05) is 0 Å². The number of carboxylic acids is 1. The topological polar surface area (TPSA) is 198 Å².